The first-order valence-electron chi connectivity index (χ1n) is 7.68. The van der Waals surface area contributed by atoms with E-state index in [1.54, 1.807) is 0 Å². The molecule has 0 saturated heterocycles. The largest absolute Gasteiger partial charge is 0.357 e. The first kappa shape index (κ1) is 17.0. The summed E-state index contributed by atoms with van der Waals surface area (Å²) in [6.45, 7) is 14.0. The molecule has 1 atom stereocenters. The van der Waals surface area contributed by atoms with Crippen LogP contribution in [0.1, 0.15) is 58.7 Å². The Balaban J connectivity index is 2.85. The molecule has 1 unspecified atom stereocenters. The molecule has 0 fully saturated rings. The summed E-state index contributed by atoms with van der Waals surface area (Å²) in [5.74, 6) is 1.08. The van der Waals surface area contributed by atoms with Gasteiger partial charge in [-0.3, -0.25) is 0 Å². The minimum Gasteiger partial charge on any atom is -0.357 e. The molecular weight excluding hydrogens is 246 g/mol. The molecule has 0 saturated carbocycles. The van der Waals surface area contributed by atoms with Crippen LogP contribution < -0.4 is 10.2 Å². The minimum atomic E-state index is 0.138. The van der Waals surface area contributed by atoms with Crippen LogP contribution in [-0.4, -0.2) is 23.6 Å². The molecule has 20 heavy (non-hydrogen) atoms. The lowest BCUT2D eigenvalue weighted by molar-refractivity contribution is 0.424. The Bertz CT molecular complexity index is 421. The van der Waals surface area contributed by atoms with Gasteiger partial charge in [-0.15, -0.1) is 0 Å². The molecule has 1 rings (SSSR count). The van der Waals surface area contributed by atoms with Crippen molar-refractivity contribution in [1.29, 1.82) is 0 Å². The third-order valence-electron chi connectivity index (χ3n) is 3.55. The van der Waals surface area contributed by atoms with Crippen molar-refractivity contribution in [2.24, 2.45) is 0 Å². The summed E-state index contributed by atoms with van der Waals surface area (Å²) in [6.07, 6.45) is 2.40. The van der Waals surface area contributed by atoms with Gasteiger partial charge in [0.2, 0.25) is 0 Å². The van der Waals surface area contributed by atoms with Gasteiger partial charge in [0, 0.05) is 30.9 Å². The van der Waals surface area contributed by atoms with Crippen LogP contribution in [0.4, 0.5) is 5.82 Å². The second-order valence-electron chi connectivity index (χ2n) is 6.83. The number of aryl methyl sites for hydroxylation is 1. The van der Waals surface area contributed by atoms with Gasteiger partial charge in [0.05, 0.1) is 0 Å². The van der Waals surface area contributed by atoms with E-state index in [2.05, 4.69) is 75.9 Å². The van der Waals surface area contributed by atoms with Crippen LogP contribution in [0, 0.1) is 6.92 Å². The Morgan fingerprint density at radius 3 is 2.50 bits per heavy atom. The summed E-state index contributed by atoms with van der Waals surface area (Å²) in [6, 6.07) is 4.90. The van der Waals surface area contributed by atoms with E-state index in [0.717, 1.165) is 18.1 Å². The fourth-order valence-corrected chi connectivity index (χ4v) is 2.21. The number of aromatic nitrogens is 1. The molecule has 1 N–H and O–H groups in total. The van der Waals surface area contributed by atoms with Crippen molar-refractivity contribution in [2.45, 2.75) is 72.5 Å². The summed E-state index contributed by atoms with van der Waals surface area (Å²) >= 11 is 0. The molecule has 1 aromatic rings. The monoisotopic (exact) mass is 277 g/mol. The quantitative estimate of drug-likeness (QED) is 0.854. The molecule has 1 aromatic heterocycles. The highest BCUT2D eigenvalue weighted by atomic mass is 15.2. The molecular formula is C17H31N3. The van der Waals surface area contributed by atoms with Gasteiger partial charge in [0.1, 0.15) is 5.82 Å². The predicted molar refractivity (Wildman–Crippen MR) is 88.3 cm³/mol. The Labute approximate surface area is 124 Å². The van der Waals surface area contributed by atoms with Crippen molar-refractivity contribution >= 4 is 5.82 Å². The zero-order chi connectivity index (χ0) is 15.3. The van der Waals surface area contributed by atoms with Crippen LogP contribution >= 0.6 is 0 Å². The first-order chi connectivity index (χ1) is 9.23. The number of nitrogens with one attached hydrogen (secondary N) is 1. The molecule has 0 aliphatic rings. The lowest BCUT2D eigenvalue weighted by Crippen LogP contribution is -2.35. The molecule has 0 bridgehead atoms. The maximum atomic E-state index is 4.68. The van der Waals surface area contributed by atoms with Gasteiger partial charge in [0.25, 0.3) is 0 Å². The summed E-state index contributed by atoms with van der Waals surface area (Å²) < 4.78 is 0. The van der Waals surface area contributed by atoms with Crippen LogP contribution in [0.25, 0.3) is 0 Å². The molecule has 0 radical (unpaired) electrons. The standard InChI is InChI=1S/C17H31N3/c1-8-9-14(3)20(7)16-11-15(10-13(2)19-16)12-18-17(4,5)6/h10-11,14,18H,8-9,12H2,1-7H3. The third-order valence-corrected chi connectivity index (χ3v) is 3.55. The van der Waals surface area contributed by atoms with Gasteiger partial charge in [0.15, 0.2) is 0 Å². The van der Waals surface area contributed by atoms with Crippen molar-refractivity contribution in [3.63, 3.8) is 0 Å². The first-order valence-corrected chi connectivity index (χ1v) is 7.68. The average Bonchev–Trinajstić information content (AvgIpc) is 2.34. The normalized spacial score (nSPS) is 13.3. The van der Waals surface area contributed by atoms with E-state index in [0.29, 0.717) is 6.04 Å². The zero-order valence-electron chi connectivity index (χ0n) is 14.2. The van der Waals surface area contributed by atoms with E-state index < -0.39 is 0 Å². The van der Waals surface area contributed by atoms with Crippen molar-refractivity contribution in [1.82, 2.24) is 10.3 Å². The molecule has 114 valence electrons. The molecule has 3 nitrogen and oxygen atoms in total. The van der Waals surface area contributed by atoms with E-state index in [1.165, 1.54) is 18.4 Å². The Hall–Kier alpha value is -1.09. The molecule has 0 amide bonds. The number of hydrogen-bond donors (Lipinski definition) is 1. The van der Waals surface area contributed by atoms with Crippen LogP contribution in [-0.2, 0) is 6.54 Å². The average molecular weight is 277 g/mol. The highest BCUT2D eigenvalue weighted by Gasteiger charge is 2.13. The molecule has 0 aromatic carbocycles. The summed E-state index contributed by atoms with van der Waals surface area (Å²) in [4.78, 5) is 6.97. The van der Waals surface area contributed by atoms with Crippen LogP contribution in [0.3, 0.4) is 0 Å². The number of rotatable bonds is 6. The molecule has 0 aliphatic carbocycles. The van der Waals surface area contributed by atoms with E-state index in [1.807, 2.05) is 0 Å². The number of anilines is 1. The van der Waals surface area contributed by atoms with E-state index in [9.17, 15) is 0 Å². The summed E-state index contributed by atoms with van der Waals surface area (Å²) in [5, 5.41) is 3.54. The molecule has 1 heterocycles. The zero-order valence-corrected chi connectivity index (χ0v) is 14.2. The number of nitrogens with zero attached hydrogens (tertiary/aromatic N) is 2. The maximum absolute atomic E-state index is 4.68. The Morgan fingerprint density at radius 1 is 1.30 bits per heavy atom. The van der Waals surface area contributed by atoms with Gasteiger partial charge < -0.3 is 10.2 Å². The van der Waals surface area contributed by atoms with E-state index in [4.69, 9.17) is 0 Å². The SMILES string of the molecule is CCCC(C)N(C)c1cc(CNC(C)(C)C)cc(C)n1. The number of pyridine rings is 1. The highest BCUT2D eigenvalue weighted by Crippen LogP contribution is 2.18. The fraction of sp³-hybridized carbons (Fsp3) is 0.706. The van der Waals surface area contributed by atoms with Gasteiger partial charge in [-0.25, -0.2) is 4.98 Å². The predicted octanol–water partition coefficient (Wildman–Crippen LogP) is 3.90. The van der Waals surface area contributed by atoms with Crippen molar-refractivity contribution in [3.05, 3.63) is 23.4 Å². The highest BCUT2D eigenvalue weighted by molar-refractivity contribution is 5.42. The summed E-state index contributed by atoms with van der Waals surface area (Å²) in [5.41, 5.74) is 2.53. The molecule has 0 aliphatic heterocycles. The minimum absolute atomic E-state index is 0.138. The topological polar surface area (TPSA) is 28.2 Å². The third kappa shape index (κ3) is 5.49. The Kier molecular flexibility index (Phi) is 6.00. The molecule has 3 heteroatoms. The second-order valence-corrected chi connectivity index (χ2v) is 6.83. The van der Waals surface area contributed by atoms with Gasteiger partial charge in [-0.2, -0.15) is 0 Å². The molecule has 0 spiro atoms. The Morgan fingerprint density at radius 2 is 1.95 bits per heavy atom. The lowest BCUT2D eigenvalue weighted by Gasteiger charge is -2.27. The lowest BCUT2D eigenvalue weighted by atomic mass is 10.1. The second kappa shape index (κ2) is 7.07. The van der Waals surface area contributed by atoms with Crippen molar-refractivity contribution in [2.75, 3.05) is 11.9 Å². The fourth-order valence-electron chi connectivity index (χ4n) is 2.21. The van der Waals surface area contributed by atoms with Crippen LogP contribution in [0.5, 0.6) is 0 Å². The van der Waals surface area contributed by atoms with E-state index >= 15 is 0 Å². The van der Waals surface area contributed by atoms with Gasteiger partial charge >= 0.3 is 0 Å². The van der Waals surface area contributed by atoms with Gasteiger partial charge in [-0.05, 0) is 58.7 Å². The van der Waals surface area contributed by atoms with Crippen molar-refractivity contribution in [3.8, 4) is 0 Å². The van der Waals surface area contributed by atoms with Crippen LogP contribution in [0.2, 0.25) is 0 Å². The van der Waals surface area contributed by atoms with Crippen LogP contribution in [0.15, 0.2) is 12.1 Å². The number of hydrogen-bond acceptors (Lipinski definition) is 3. The smallest absolute Gasteiger partial charge is 0.129 e. The van der Waals surface area contributed by atoms with Gasteiger partial charge in [-0.1, -0.05) is 13.3 Å². The van der Waals surface area contributed by atoms with E-state index in [-0.39, 0.29) is 5.54 Å². The maximum Gasteiger partial charge on any atom is 0.129 e. The van der Waals surface area contributed by atoms with Crippen molar-refractivity contribution < 1.29 is 0 Å². The summed E-state index contributed by atoms with van der Waals surface area (Å²) in [7, 11) is 2.14.